The molecule has 0 bridgehead atoms. The molecule has 1 nitrogen and oxygen atoms in total. The Kier molecular flexibility index (Phi) is 5.61. The van der Waals surface area contributed by atoms with Crippen molar-refractivity contribution in [2.24, 2.45) is 0 Å². The van der Waals surface area contributed by atoms with Crippen molar-refractivity contribution in [3.05, 3.63) is 68.3 Å². The fourth-order valence-electron chi connectivity index (χ4n) is 2.50. The predicted octanol–water partition coefficient (Wildman–Crippen LogP) is 4.86. The quantitative estimate of drug-likeness (QED) is 0.732. The van der Waals surface area contributed by atoms with E-state index >= 15 is 0 Å². The Morgan fingerprint density at radius 3 is 2.55 bits per heavy atom. The van der Waals surface area contributed by atoms with Gasteiger partial charge in [-0.05, 0) is 64.7 Å². The summed E-state index contributed by atoms with van der Waals surface area (Å²) in [7, 11) is 0. The van der Waals surface area contributed by atoms with Crippen LogP contribution in [-0.2, 0) is 6.42 Å². The summed E-state index contributed by atoms with van der Waals surface area (Å²) >= 11 is 2.46. The molecule has 0 aliphatic carbocycles. The van der Waals surface area contributed by atoms with Crippen LogP contribution < -0.4 is 5.32 Å². The first-order valence-electron chi connectivity index (χ1n) is 7.24. The Morgan fingerprint density at radius 1 is 1.10 bits per heavy atom. The SMILES string of the molecule is CCNC(c1cccc(CC)c1)c1cccc(C)c1I. The van der Waals surface area contributed by atoms with Crippen molar-refractivity contribution < 1.29 is 0 Å². The summed E-state index contributed by atoms with van der Waals surface area (Å²) in [6.45, 7) is 7.51. The summed E-state index contributed by atoms with van der Waals surface area (Å²) in [5, 5.41) is 3.63. The van der Waals surface area contributed by atoms with Crippen molar-refractivity contribution in [2.45, 2.75) is 33.2 Å². The van der Waals surface area contributed by atoms with Crippen LogP contribution in [0.1, 0.15) is 42.1 Å². The summed E-state index contributed by atoms with van der Waals surface area (Å²) in [6.07, 6.45) is 1.08. The van der Waals surface area contributed by atoms with E-state index in [9.17, 15) is 0 Å². The number of nitrogens with one attached hydrogen (secondary N) is 1. The standard InChI is InChI=1S/C18H22IN/c1-4-14-9-7-10-15(12-14)18(20-5-2)16-11-6-8-13(3)17(16)19/h6-12,18,20H,4-5H2,1-3H3. The molecule has 0 radical (unpaired) electrons. The lowest BCUT2D eigenvalue weighted by atomic mass is 9.95. The van der Waals surface area contributed by atoms with Gasteiger partial charge in [0.2, 0.25) is 0 Å². The van der Waals surface area contributed by atoms with E-state index in [0.717, 1.165) is 13.0 Å². The largest absolute Gasteiger partial charge is 0.306 e. The first-order valence-corrected chi connectivity index (χ1v) is 8.32. The van der Waals surface area contributed by atoms with Gasteiger partial charge in [0, 0.05) is 3.57 Å². The van der Waals surface area contributed by atoms with E-state index < -0.39 is 0 Å². The molecule has 0 aliphatic heterocycles. The smallest absolute Gasteiger partial charge is 0.0587 e. The number of halogens is 1. The van der Waals surface area contributed by atoms with Crippen LogP contribution in [0.4, 0.5) is 0 Å². The van der Waals surface area contributed by atoms with Gasteiger partial charge in [-0.3, -0.25) is 0 Å². The van der Waals surface area contributed by atoms with E-state index in [1.165, 1.54) is 25.8 Å². The van der Waals surface area contributed by atoms with Crippen LogP contribution in [-0.4, -0.2) is 6.54 Å². The summed E-state index contributed by atoms with van der Waals surface area (Å²) in [5.74, 6) is 0. The molecule has 20 heavy (non-hydrogen) atoms. The van der Waals surface area contributed by atoms with Crippen LogP contribution in [0.25, 0.3) is 0 Å². The molecule has 0 fully saturated rings. The number of rotatable bonds is 5. The average molecular weight is 379 g/mol. The molecule has 1 unspecified atom stereocenters. The second-order valence-corrected chi connectivity index (χ2v) is 6.15. The molecular weight excluding hydrogens is 357 g/mol. The van der Waals surface area contributed by atoms with E-state index in [0.29, 0.717) is 0 Å². The van der Waals surface area contributed by atoms with Crippen LogP contribution in [0.3, 0.4) is 0 Å². The summed E-state index contributed by atoms with van der Waals surface area (Å²) in [5.41, 5.74) is 5.47. The fourth-order valence-corrected chi connectivity index (χ4v) is 3.17. The highest BCUT2D eigenvalue weighted by Crippen LogP contribution is 2.28. The van der Waals surface area contributed by atoms with Crippen LogP contribution in [0.5, 0.6) is 0 Å². The van der Waals surface area contributed by atoms with E-state index in [1.54, 1.807) is 0 Å². The van der Waals surface area contributed by atoms with Crippen LogP contribution in [0.2, 0.25) is 0 Å². The Morgan fingerprint density at radius 2 is 1.85 bits per heavy atom. The molecule has 2 heteroatoms. The Bertz CT molecular complexity index is 577. The fraction of sp³-hybridized carbons (Fsp3) is 0.333. The monoisotopic (exact) mass is 379 g/mol. The lowest BCUT2D eigenvalue weighted by molar-refractivity contribution is 0.627. The van der Waals surface area contributed by atoms with Gasteiger partial charge >= 0.3 is 0 Å². The molecule has 2 aromatic rings. The van der Waals surface area contributed by atoms with Gasteiger partial charge < -0.3 is 5.32 Å². The molecule has 0 heterocycles. The van der Waals surface area contributed by atoms with Gasteiger partial charge in [0.1, 0.15) is 0 Å². The zero-order valence-corrected chi connectivity index (χ0v) is 14.6. The van der Waals surface area contributed by atoms with Gasteiger partial charge in [-0.25, -0.2) is 0 Å². The normalized spacial score (nSPS) is 12.4. The second-order valence-electron chi connectivity index (χ2n) is 5.07. The highest BCUT2D eigenvalue weighted by Gasteiger charge is 2.16. The zero-order chi connectivity index (χ0) is 14.5. The zero-order valence-electron chi connectivity index (χ0n) is 12.4. The molecule has 2 aromatic carbocycles. The molecule has 1 N–H and O–H groups in total. The molecule has 0 aromatic heterocycles. The minimum Gasteiger partial charge on any atom is -0.306 e. The van der Waals surface area contributed by atoms with E-state index in [2.05, 4.69) is 91.1 Å². The highest BCUT2D eigenvalue weighted by molar-refractivity contribution is 14.1. The number of aryl methyl sites for hydroxylation is 2. The molecule has 106 valence electrons. The first kappa shape index (κ1) is 15.5. The summed E-state index contributed by atoms with van der Waals surface area (Å²) < 4.78 is 1.36. The third-order valence-electron chi connectivity index (χ3n) is 3.63. The van der Waals surface area contributed by atoms with Crippen molar-refractivity contribution >= 4 is 22.6 Å². The van der Waals surface area contributed by atoms with Gasteiger partial charge in [-0.15, -0.1) is 0 Å². The second kappa shape index (κ2) is 7.23. The topological polar surface area (TPSA) is 12.0 Å². The van der Waals surface area contributed by atoms with Crippen LogP contribution in [0.15, 0.2) is 42.5 Å². The molecule has 1 atom stereocenters. The Labute approximate surface area is 135 Å². The molecule has 2 rings (SSSR count). The maximum atomic E-state index is 3.63. The van der Waals surface area contributed by atoms with E-state index in [1.807, 2.05) is 0 Å². The minimum absolute atomic E-state index is 0.276. The van der Waals surface area contributed by atoms with E-state index in [4.69, 9.17) is 0 Å². The van der Waals surface area contributed by atoms with Crippen molar-refractivity contribution in [1.29, 1.82) is 0 Å². The van der Waals surface area contributed by atoms with Gasteiger partial charge in [-0.2, -0.15) is 0 Å². The lowest BCUT2D eigenvalue weighted by Crippen LogP contribution is -2.23. The van der Waals surface area contributed by atoms with Gasteiger partial charge in [0.05, 0.1) is 6.04 Å². The van der Waals surface area contributed by atoms with Crippen molar-refractivity contribution in [1.82, 2.24) is 5.32 Å². The van der Waals surface area contributed by atoms with Crippen LogP contribution in [0, 0.1) is 10.5 Å². The van der Waals surface area contributed by atoms with Crippen molar-refractivity contribution in [2.75, 3.05) is 6.54 Å². The highest BCUT2D eigenvalue weighted by atomic mass is 127. The average Bonchev–Trinajstić information content (AvgIpc) is 2.48. The van der Waals surface area contributed by atoms with Gasteiger partial charge in [0.25, 0.3) is 0 Å². The van der Waals surface area contributed by atoms with Gasteiger partial charge in [0.15, 0.2) is 0 Å². The molecular formula is C18H22IN. The number of benzene rings is 2. The summed E-state index contributed by atoms with van der Waals surface area (Å²) in [4.78, 5) is 0. The third-order valence-corrected chi connectivity index (χ3v) is 5.11. The molecule has 0 saturated heterocycles. The molecule has 0 aliphatic rings. The predicted molar refractivity (Wildman–Crippen MR) is 95.2 cm³/mol. The maximum absolute atomic E-state index is 3.63. The number of hydrogen-bond acceptors (Lipinski definition) is 1. The third kappa shape index (κ3) is 3.41. The van der Waals surface area contributed by atoms with Crippen molar-refractivity contribution in [3.63, 3.8) is 0 Å². The summed E-state index contributed by atoms with van der Waals surface area (Å²) in [6, 6.07) is 15.8. The van der Waals surface area contributed by atoms with Gasteiger partial charge in [-0.1, -0.05) is 56.3 Å². The Hall–Kier alpha value is -0.870. The number of hydrogen-bond donors (Lipinski definition) is 1. The molecule has 0 amide bonds. The molecule has 0 spiro atoms. The van der Waals surface area contributed by atoms with Crippen LogP contribution >= 0.6 is 22.6 Å². The van der Waals surface area contributed by atoms with E-state index in [-0.39, 0.29) is 6.04 Å². The first-order chi connectivity index (χ1) is 9.67. The minimum atomic E-state index is 0.276. The lowest BCUT2D eigenvalue weighted by Gasteiger charge is -2.22. The maximum Gasteiger partial charge on any atom is 0.0587 e. The molecule has 0 saturated carbocycles. The Balaban J connectivity index is 2.47. The van der Waals surface area contributed by atoms with Crippen molar-refractivity contribution in [3.8, 4) is 0 Å².